The smallest absolute Gasteiger partial charge is 0.126 e. The van der Waals surface area contributed by atoms with Crippen molar-refractivity contribution < 1.29 is 37.8 Å². The maximum atomic E-state index is 2.42. The van der Waals surface area contributed by atoms with E-state index in [0.29, 0.717) is 0 Å². The Morgan fingerprint density at radius 1 is 1.25 bits per heavy atom. The molecule has 0 bridgehead atoms. The number of hydrogen-bond donors (Lipinski definition) is 0. The van der Waals surface area contributed by atoms with Crippen LogP contribution >= 0.6 is 9.12 Å². The van der Waals surface area contributed by atoms with E-state index in [9.17, 15) is 0 Å². The second kappa shape index (κ2) is 22.4. The van der Waals surface area contributed by atoms with E-state index in [0.717, 1.165) is 0 Å². The van der Waals surface area contributed by atoms with Crippen LogP contribution in [0, 0.1) is 0 Å². The summed E-state index contributed by atoms with van der Waals surface area (Å²) < 4.78 is 0. The molecule has 0 spiro atoms. The molecule has 0 aromatic heterocycles. The van der Waals surface area contributed by atoms with E-state index in [4.69, 9.17) is 0 Å². The van der Waals surface area contributed by atoms with E-state index in [1.165, 1.54) is 0 Å². The van der Waals surface area contributed by atoms with Crippen molar-refractivity contribution in [1.29, 1.82) is 0 Å². The van der Waals surface area contributed by atoms with Crippen molar-refractivity contribution in [3.8, 4) is 0 Å². The molecule has 0 saturated heterocycles. The summed E-state index contributed by atoms with van der Waals surface area (Å²) in [6.07, 6.45) is 0. The van der Waals surface area contributed by atoms with Crippen LogP contribution in [0.1, 0.15) is 0 Å². The molecule has 0 amide bonds. The van der Waals surface area contributed by atoms with Crippen LogP contribution in [-0.2, 0) is 37.8 Å². The maximum Gasteiger partial charge on any atom is 0.126 e. The largest absolute Gasteiger partial charge is 0.179 e. The maximum absolute atomic E-state index is 2.42. The summed E-state index contributed by atoms with van der Waals surface area (Å²) >= 11 is 0. The number of rotatable bonds is 0. The Morgan fingerprint density at radius 2 is 1.25 bits per heavy atom. The van der Waals surface area contributed by atoms with E-state index < -0.39 is 0 Å². The average Bonchev–Trinajstić information content (AvgIpc) is 1.00. The average molecular weight is 201 g/mol. The molecule has 0 saturated carbocycles. The van der Waals surface area contributed by atoms with E-state index in [2.05, 4.69) is 9.12 Å². The first-order valence-corrected chi connectivity index (χ1v) is 1.73. The van der Waals surface area contributed by atoms with Crippen LogP contribution in [-0.4, -0.2) is 7.57 Å². The Bertz CT molecular complexity index is 8.00. The summed E-state index contributed by atoms with van der Waals surface area (Å²) in [5.41, 5.74) is 0. The molecule has 0 aromatic rings. The zero-order valence-electron chi connectivity index (χ0n) is 2.32. The SMILES string of the molecule is BP.[Co].[Mo]. The Labute approximate surface area is 54.5 Å². The fraction of sp³-hybridized carbons (Fsp3) is 0. The van der Waals surface area contributed by atoms with Crippen molar-refractivity contribution in [2.45, 2.75) is 0 Å². The van der Waals surface area contributed by atoms with E-state index in [1.807, 2.05) is 7.57 Å². The second-order valence-corrected chi connectivity index (χ2v) is 0. The molecule has 0 aliphatic rings. The molecule has 0 nitrogen and oxygen atoms in total. The molecule has 0 N–H and O–H groups in total. The van der Waals surface area contributed by atoms with Gasteiger partial charge in [-0.3, -0.25) is 0 Å². The van der Waals surface area contributed by atoms with Gasteiger partial charge in [0.25, 0.3) is 0 Å². The van der Waals surface area contributed by atoms with Crippen LogP contribution in [0.2, 0.25) is 0 Å². The predicted octanol–water partition coefficient (Wildman–Crippen LogP) is -0.595. The van der Waals surface area contributed by atoms with Gasteiger partial charge in [-0.05, 0) is 0 Å². The minimum atomic E-state index is 0. The molecular formula is H4BCoMoP. The monoisotopic (exact) mass is 203 g/mol. The molecule has 0 aliphatic carbocycles. The third-order valence-corrected chi connectivity index (χ3v) is 0. The Morgan fingerprint density at radius 3 is 1.25 bits per heavy atom. The van der Waals surface area contributed by atoms with Gasteiger partial charge >= 0.3 is 0 Å². The summed E-state index contributed by atoms with van der Waals surface area (Å²) in [5, 5.41) is 0. The second-order valence-electron chi connectivity index (χ2n) is 0. The molecule has 0 fully saturated rings. The van der Waals surface area contributed by atoms with Gasteiger partial charge in [-0.1, -0.05) is 0 Å². The molecule has 4 heavy (non-hydrogen) atoms. The fourth-order valence-corrected chi connectivity index (χ4v) is 0. The minimum absolute atomic E-state index is 0. The van der Waals surface area contributed by atoms with E-state index in [-0.39, 0.29) is 37.8 Å². The first-order valence-electron chi connectivity index (χ1n) is 0.577. The molecule has 0 rings (SSSR count). The van der Waals surface area contributed by atoms with Gasteiger partial charge < -0.3 is 0 Å². The Balaban J connectivity index is -0.00000000500. The summed E-state index contributed by atoms with van der Waals surface area (Å²) in [5.74, 6) is 0. The first kappa shape index (κ1) is 17.3. The Kier molecular flexibility index (Phi) is 96.7. The van der Waals surface area contributed by atoms with E-state index in [1.54, 1.807) is 0 Å². The van der Waals surface area contributed by atoms with Gasteiger partial charge in [0, 0.05) is 37.8 Å². The molecule has 1 unspecified atom stereocenters. The zero-order chi connectivity index (χ0) is 2.00. The van der Waals surface area contributed by atoms with Gasteiger partial charge in [-0.2, -0.15) is 9.12 Å². The van der Waals surface area contributed by atoms with Gasteiger partial charge in [0.1, 0.15) is 7.57 Å². The van der Waals surface area contributed by atoms with Crippen molar-refractivity contribution in [3.63, 3.8) is 0 Å². The van der Waals surface area contributed by atoms with Crippen molar-refractivity contribution in [2.75, 3.05) is 0 Å². The third kappa shape index (κ3) is 9.35. The Hall–Kier alpha value is 1.69. The van der Waals surface area contributed by atoms with Crippen LogP contribution in [0.5, 0.6) is 0 Å². The molecule has 0 aliphatic heterocycles. The molecule has 0 aromatic carbocycles. The molecule has 1 radical (unpaired) electrons. The van der Waals surface area contributed by atoms with Crippen molar-refractivity contribution in [1.82, 2.24) is 0 Å². The van der Waals surface area contributed by atoms with Crippen LogP contribution in [0.15, 0.2) is 0 Å². The summed E-state index contributed by atoms with van der Waals surface area (Å²) in [4.78, 5) is 0. The molecular weight excluding hydrogens is 197 g/mol. The molecule has 27 valence electrons. The quantitative estimate of drug-likeness (QED) is 0.362. The van der Waals surface area contributed by atoms with Crippen LogP contribution < -0.4 is 0 Å². The van der Waals surface area contributed by atoms with Gasteiger partial charge in [-0.25, -0.2) is 0 Å². The van der Waals surface area contributed by atoms with Gasteiger partial charge in [0.15, 0.2) is 0 Å². The topological polar surface area (TPSA) is 0 Å². The summed E-state index contributed by atoms with van der Waals surface area (Å²) in [6.45, 7) is 0. The van der Waals surface area contributed by atoms with Crippen molar-refractivity contribution in [3.05, 3.63) is 0 Å². The molecule has 1 atom stereocenters. The van der Waals surface area contributed by atoms with Crippen LogP contribution in [0.3, 0.4) is 0 Å². The van der Waals surface area contributed by atoms with Gasteiger partial charge in [0.05, 0.1) is 0 Å². The van der Waals surface area contributed by atoms with Crippen LogP contribution in [0.4, 0.5) is 0 Å². The van der Waals surface area contributed by atoms with Crippen molar-refractivity contribution in [2.24, 2.45) is 0 Å². The first-order chi connectivity index (χ1) is 1.00. The minimum Gasteiger partial charge on any atom is -0.179 e. The standard InChI is InChI=1S/BH4P.Co.Mo/c1-2;;/h1-2H2;;. The molecule has 4 heteroatoms. The zero-order valence-corrected chi connectivity index (χ0v) is 6.52. The summed E-state index contributed by atoms with van der Waals surface area (Å²) in [6, 6.07) is 0. The van der Waals surface area contributed by atoms with Gasteiger partial charge in [-0.15, -0.1) is 0 Å². The van der Waals surface area contributed by atoms with E-state index >= 15 is 0 Å². The van der Waals surface area contributed by atoms with Crippen molar-refractivity contribution >= 4 is 16.7 Å². The fourth-order valence-electron chi connectivity index (χ4n) is 0. The number of hydrogen-bond acceptors (Lipinski definition) is 0. The molecule has 0 heterocycles. The van der Waals surface area contributed by atoms with Crippen LogP contribution in [0.25, 0.3) is 0 Å². The van der Waals surface area contributed by atoms with Gasteiger partial charge in [0.2, 0.25) is 0 Å². The normalized spacial score (nSPS) is 1.25. The summed E-state index contributed by atoms with van der Waals surface area (Å²) in [7, 11) is 4.33. The predicted molar refractivity (Wildman–Crippen MR) is 18.3 cm³/mol. The third-order valence-electron chi connectivity index (χ3n) is 0.